The summed E-state index contributed by atoms with van der Waals surface area (Å²) in [5.41, 5.74) is 2.53. The Morgan fingerprint density at radius 2 is 2.14 bits per heavy atom. The molecule has 0 fully saturated rings. The minimum Gasteiger partial charge on any atom is -0.385 e. The molecule has 0 spiro atoms. The van der Waals surface area contributed by atoms with Crippen LogP contribution in [0.15, 0.2) is 18.2 Å². The molecule has 1 N–H and O–H groups in total. The molecule has 0 saturated carbocycles. The standard InChI is InChI=1S/C11H16NOP/c1-14(2,13)10-6-5-9-4-3-7-12-11(9)8-10/h5-6,8,12H,3-4,7H2,1-2H3. The molecule has 0 amide bonds. The van der Waals surface area contributed by atoms with Gasteiger partial charge in [0.1, 0.15) is 7.14 Å². The van der Waals surface area contributed by atoms with Gasteiger partial charge in [0, 0.05) is 17.5 Å². The van der Waals surface area contributed by atoms with E-state index in [9.17, 15) is 4.57 Å². The lowest BCUT2D eigenvalue weighted by molar-refractivity contribution is 0.588. The second-order valence-electron chi connectivity index (χ2n) is 4.22. The number of fused-ring (bicyclic) bond motifs is 1. The minimum atomic E-state index is -2.10. The third kappa shape index (κ3) is 1.85. The number of benzene rings is 1. The number of hydrogen-bond donors (Lipinski definition) is 1. The third-order valence-electron chi connectivity index (χ3n) is 2.65. The van der Waals surface area contributed by atoms with Crippen LogP contribution in [-0.4, -0.2) is 19.9 Å². The zero-order valence-electron chi connectivity index (χ0n) is 8.71. The minimum absolute atomic E-state index is 0.977. The molecule has 14 heavy (non-hydrogen) atoms. The summed E-state index contributed by atoms with van der Waals surface area (Å²) < 4.78 is 11.9. The van der Waals surface area contributed by atoms with Gasteiger partial charge in [-0.1, -0.05) is 12.1 Å². The van der Waals surface area contributed by atoms with Gasteiger partial charge in [-0.3, -0.25) is 0 Å². The zero-order chi connectivity index (χ0) is 10.2. The normalized spacial score (nSPS) is 15.9. The Bertz CT molecular complexity index is 394. The van der Waals surface area contributed by atoms with Crippen molar-refractivity contribution in [3.05, 3.63) is 23.8 Å². The summed E-state index contributed by atoms with van der Waals surface area (Å²) in [4.78, 5) is 0. The van der Waals surface area contributed by atoms with E-state index >= 15 is 0 Å². The Morgan fingerprint density at radius 1 is 1.36 bits per heavy atom. The molecule has 0 aliphatic carbocycles. The van der Waals surface area contributed by atoms with Crippen molar-refractivity contribution in [1.29, 1.82) is 0 Å². The molecule has 1 aliphatic heterocycles. The average molecular weight is 209 g/mol. The lowest BCUT2D eigenvalue weighted by Crippen LogP contribution is -2.14. The highest BCUT2D eigenvalue weighted by Gasteiger charge is 2.14. The molecule has 0 unspecified atom stereocenters. The first-order chi connectivity index (χ1) is 6.57. The lowest BCUT2D eigenvalue weighted by atomic mass is 10.0. The van der Waals surface area contributed by atoms with Crippen LogP contribution >= 0.6 is 7.14 Å². The highest BCUT2D eigenvalue weighted by Crippen LogP contribution is 2.36. The molecule has 1 heterocycles. The van der Waals surface area contributed by atoms with E-state index in [0.29, 0.717) is 0 Å². The zero-order valence-corrected chi connectivity index (χ0v) is 9.60. The SMILES string of the molecule is CP(C)(=O)c1ccc2c(c1)NCCC2. The molecule has 1 aromatic rings. The molecule has 76 valence electrons. The maximum absolute atomic E-state index is 11.9. The Hall–Kier alpha value is -0.750. The van der Waals surface area contributed by atoms with Gasteiger partial charge < -0.3 is 9.88 Å². The second kappa shape index (κ2) is 3.43. The molecular formula is C11H16NOP. The second-order valence-corrected chi connectivity index (χ2v) is 7.44. The van der Waals surface area contributed by atoms with Crippen LogP contribution in [0.4, 0.5) is 5.69 Å². The monoisotopic (exact) mass is 209 g/mol. The van der Waals surface area contributed by atoms with Gasteiger partial charge in [-0.05, 0) is 37.8 Å². The summed E-state index contributed by atoms with van der Waals surface area (Å²) in [6.07, 6.45) is 2.34. The molecule has 0 radical (unpaired) electrons. The molecule has 1 aliphatic rings. The molecule has 0 bridgehead atoms. The van der Waals surface area contributed by atoms with E-state index in [-0.39, 0.29) is 0 Å². The molecule has 2 rings (SSSR count). The molecule has 0 atom stereocenters. The summed E-state index contributed by atoms with van der Waals surface area (Å²) in [7, 11) is -2.10. The fourth-order valence-electron chi connectivity index (χ4n) is 1.78. The Morgan fingerprint density at radius 3 is 2.86 bits per heavy atom. The summed E-state index contributed by atoms with van der Waals surface area (Å²) in [5, 5.41) is 4.33. The molecule has 3 heteroatoms. The van der Waals surface area contributed by atoms with Gasteiger partial charge in [0.15, 0.2) is 0 Å². The van der Waals surface area contributed by atoms with Crippen LogP contribution in [0.1, 0.15) is 12.0 Å². The van der Waals surface area contributed by atoms with Crippen molar-refractivity contribution in [1.82, 2.24) is 0 Å². The molecule has 0 aromatic heterocycles. The van der Waals surface area contributed by atoms with Gasteiger partial charge >= 0.3 is 0 Å². The Labute approximate surface area is 85.1 Å². The van der Waals surface area contributed by atoms with Crippen molar-refractivity contribution in [2.24, 2.45) is 0 Å². The van der Waals surface area contributed by atoms with Gasteiger partial charge in [-0.2, -0.15) is 0 Å². The van der Waals surface area contributed by atoms with Crippen LogP contribution in [0.2, 0.25) is 0 Å². The van der Waals surface area contributed by atoms with Crippen molar-refractivity contribution in [2.45, 2.75) is 12.8 Å². The van der Waals surface area contributed by atoms with Crippen molar-refractivity contribution in [2.75, 3.05) is 25.2 Å². The van der Waals surface area contributed by atoms with E-state index in [1.807, 2.05) is 19.4 Å². The smallest absolute Gasteiger partial charge is 0.109 e. The number of hydrogen-bond acceptors (Lipinski definition) is 2. The molecule has 2 nitrogen and oxygen atoms in total. The predicted octanol–water partition coefficient (Wildman–Crippen LogP) is 2.29. The fraction of sp³-hybridized carbons (Fsp3) is 0.455. The maximum atomic E-state index is 11.9. The van der Waals surface area contributed by atoms with Gasteiger partial charge in [0.05, 0.1) is 0 Å². The largest absolute Gasteiger partial charge is 0.385 e. The van der Waals surface area contributed by atoms with E-state index in [1.54, 1.807) is 0 Å². The summed E-state index contributed by atoms with van der Waals surface area (Å²) in [6.45, 7) is 4.67. The highest BCUT2D eigenvalue weighted by molar-refractivity contribution is 7.70. The van der Waals surface area contributed by atoms with Crippen LogP contribution < -0.4 is 10.6 Å². The first-order valence-electron chi connectivity index (χ1n) is 5.00. The maximum Gasteiger partial charge on any atom is 0.109 e. The highest BCUT2D eigenvalue weighted by atomic mass is 31.2. The Balaban J connectivity index is 2.44. The molecular weight excluding hydrogens is 193 g/mol. The van der Waals surface area contributed by atoms with Gasteiger partial charge in [-0.25, -0.2) is 0 Å². The number of anilines is 1. The van der Waals surface area contributed by atoms with Crippen molar-refractivity contribution in [3.63, 3.8) is 0 Å². The van der Waals surface area contributed by atoms with Crippen molar-refractivity contribution in [3.8, 4) is 0 Å². The van der Waals surface area contributed by atoms with E-state index in [1.165, 1.54) is 17.7 Å². The summed E-state index contributed by atoms with van der Waals surface area (Å²) >= 11 is 0. The fourth-order valence-corrected chi connectivity index (χ4v) is 2.66. The third-order valence-corrected chi connectivity index (χ3v) is 4.18. The molecule has 1 aromatic carbocycles. The first-order valence-corrected chi connectivity index (χ1v) is 7.60. The topological polar surface area (TPSA) is 29.1 Å². The number of rotatable bonds is 1. The van der Waals surface area contributed by atoms with E-state index in [2.05, 4.69) is 17.4 Å². The van der Waals surface area contributed by atoms with E-state index < -0.39 is 7.14 Å². The van der Waals surface area contributed by atoms with Crippen LogP contribution in [-0.2, 0) is 11.0 Å². The Kier molecular flexibility index (Phi) is 2.40. The number of nitrogens with one attached hydrogen (secondary N) is 1. The quantitative estimate of drug-likeness (QED) is 0.719. The van der Waals surface area contributed by atoms with Crippen molar-refractivity contribution >= 4 is 18.1 Å². The van der Waals surface area contributed by atoms with Crippen LogP contribution in [0, 0.1) is 0 Å². The van der Waals surface area contributed by atoms with Crippen LogP contribution in [0.25, 0.3) is 0 Å². The lowest BCUT2D eigenvalue weighted by Gasteiger charge is -2.19. The van der Waals surface area contributed by atoms with Crippen LogP contribution in [0.3, 0.4) is 0 Å². The van der Waals surface area contributed by atoms with E-state index in [4.69, 9.17) is 0 Å². The average Bonchev–Trinajstić information content (AvgIpc) is 2.16. The summed E-state index contributed by atoms with van der Waals surface area (Å²) in [5.74, 6) is 0. The van der Waals surface area contributed by atoms with Crippen LogP contribution in [0.5, 0.6) is 0 Å². The summed E-state index contributed by atoms with van der Waals surface area (Å²) in [6, 6.07) is 6.17. The van der Waals surface area contributed by atoms with Gasteiger partial charge in [0.25, 0.3) is 0 Å². The number of aryl methyl sites for hydroxylation is 1. The first kappa shape index (κ1) is 9.79. The van der Waals surface area contributed by atoms with Crippen molar-refractivity contribution < 1.29 is 4.57 Å². The predicted molar refractivity (Wildman–Crippen MR) is 62.3 cm³/mol. The van der Waals surface area contributed by atoms with Gasteiger partial charge in [0.2, 0.25) is 0 Å². The van der Waals surface area contributed by atoms with Gasteiger partial charge in [-0.15, -0.1) is 0 Å². The molecule has 0 saturated heterocycles. The van der Waals surface area contributed by atoms with E-state index in [0.717, 1.165) is 18.3 Å².